The molecule has 0 unspecified atom stereocenters. The number of aromatic nitrogens is 5. The molecule has 2 amide bonds. The molecule has 0 aliphatic heterocycles. The van der Waals surface area contributed by atoms with Crippen LogP contribution in [-0.2, 0) is 11.3 Å². The average molecular weight is 540 g/mol. The molecule has 12 heteroatoms. The van der Waals surface area contributed by atoms with Gasteiger partial charge >= 0.3 is 0 Å². The number of carbonyl (C=O) groups is 2. The van der Waals surface area contributed by atoms with Crippen molar-refractivity contribution < 1.29 is 9.59 Å². The molecule has 0 fully saturated rings. The Morgan fingerprint density at radius 1 is 0.972 bits per heavy atom. The number of hydrogen-bond acceptors (Lipinski definition) is 9. The number of carbonyl (C=O) groups excluding carboxylic acids is 2. The van der Waals surface area contributed by atoms with Crippen molar-refractivity contribution in [2.75, 3.05) is 16.8 Å². The number of anilines is 1. The van der Waals surface area contributed by atoms with E-state index in [0.29, 0.717) is 21.7 Å². The molecule has 9 nitrogen and oxygen atoms in total. The summed E-state index contributed by atoms with van der Waals surface area (Å²) < 4.78 is 2.66. The van der Waals surface area contributed by atoms with E-state index in [4.69, 9.17) is 0 Å². The zero-order valence-corrected chi connectivity index (χ0v) is 22.5. The zero-order valence-electron chi connectivity index (χ0n) is 20.0. The summed E-state index contributed by atoms with van der Waals surface area (Å²) in [5.41, 5.74) is 3.62. The summed E-state index contributed by atoms with van der Waals surface area (Å²) in [5.74, 6) is 1.17. The molecule has 0 spiro atoms. The van der Waals surface area contributed by atoms with Crippen LogP contribution in [-0.4, -0.2) is 48.3 Å². The van der Waals surface area contributed by atoms with Gasteiger partial charge in [0, 0.05) is 11.3 Å². The van der Waals surface area contributed by atoms with Crippen LogP contribution in [0.25, 0.3) is 5.69 Å². The monoisotopic (exact) mass is 539 g/mol. The first-order valence-electron chi connectivity index (χ1n) is 11.2. The topological polar surface area (TPSA) is 115 Å². The number of nitrogens with zero attached hydrogens (tertiary/aromatic N) is 5. The first kappa shape index (κ1) is 25.9. The lowest BCUT2D eigenvalue weighted by molar-refractivity contribution is -0.113. The molecule has 0 bridgehead atoms. The standard InChI is InChI=1S/C24H25N7O2S3/c1-4-34-24-30-28-22(36-24)26-20(32)14-35-23-29-27-19(31(23)18-8-6-5-7-9-18)13-25-21(33)17-11-10-15(2)16(3)12-17/h5-12H,4,13-14H2,1-3H3,(H,25,33)(H,26,28,32). The average Bonchev–Trinajstić information content (AvgIpc) is 3.50. The normalized spacial score (nSPS) is 10.9. The van der Waals surface area contributed by atoms with E-state index in [2.05, 4.69) is 31.0 Å². The second-order valence-electron chi connectivity index (χ2n) is 7.69. The number of nitrogens with one attached hydrogen (secondary N) is 2. The highest BCUT2D eigenvalue weighted by Crippen LogP contribution is 2.26. The maximum absolute atomic E-state index is 12.7. The van der Waals surface area contributed by atoms with Crippen LogP contribution in [0.2, 0.25) is 0 Å². The molecule has 2 heterocycles. The Balaban J connectivity index is 1.45. The molecule has 36 heavy (non-hydrogen) atoms. The van der Waals surface area contributed by atoms with Crippen LogP contribution >= 0.6 is 34.9 Å². The van der Waals surface area contributed by atoms with Gasteiger partial charge in [-0.1, -0.05) is 66.0 Å². The largest absolute Gasteiger partial charge is 0.345 e. The lowest BCUT2D eigenvalue weighted by Gasteiger charge is -2.11. The highest BCUT2D eigenvalue weighted by molar-refractivity contribution is 8.01. The predicted molar refractivity (Wildman–Crippen MR) is 144 cm³/mol. The molecular weight excluding hydrogens is 515 g/mol. The highest BCUT2D eigenvalue weighted by atomic mass is 32.2. The Kier molecular flexibility index (Phi) is 8.73. The fourth-order valence-electron chi connectivity index (χ4n) is 3.22. The van der Waals surface area contributed by atoms with Crippen LogP contribution in [0.3, 0.4) is 0 Å². The van der Waals surface area contributed by atoms with Crippen molar-refractivity contribution in [3.8, 4) is 5.69 Å². The van der Waals surface area contributed by atoms with Gasteiger partial charge < -0.3 is 5.32 Å². The van der Waals surface area contributed by atoms with Gasteiger partial charge in [-0.05, 0) is 55.0 Å². The van der Waals surface area contributed by atoms with Gasteiger partial charge in [0.25, 0.3) is 5.91 Å². The van der Waals surface area contributed by atoms with Crippen molar-refractivity contribution in [2.45, 2.75) is 36.8 Å². The van der Waals surface area contributed by atoms with Crippen LogP contribution in [0.1, 0.15) is 34.2 Å². The summed E-state index contributed by atoms with van der Waals surface area (Å²) in [6, 6.07) is 15.2. The minimum Gasteiger partial charge on any atom is -0.345 e. The number of hydrogen-bond donors (Lipinski definition) is 2. The Morgan fingerprint density at radius 3 is 2.53 bits per heavy atom. The van der Waals surface area contributed by atoms with Gasteiger partial charge in [-0.15, -0.1) is 20.4 Å². The second-order valence-corrected chi connectivity index (χ2v) is 11.1. The Bertz CT molecular complexity index is 1360. The van der Waals surface area contributed by atoms with Crippen molar-refractivity contribution in [3.05, 3.63) is 71.0 Å². The summed E-state index contributed by atoms with van der Waals surface area (Å²) in [5, 5.41) is 23.4. The minimum atomic E-state index is -0.212. The summed E-state index contributed by atoms with van der Waals surface area (Å²) in [4.78, 5) is 25.2. The van der Waals surface area contributed by atoms with E-state index in [1.54, 1.807) is 17.8 Å². The second kappa shape index (κ2) is 12.2. The number of aryl methyl sites for hydroxylation is 2. The highest BCUT2D eigenvalue weighted by Gasteiger charge is 2.18. The minimum absolute atomic E-state index is 0.121. The van der Waals surface area contributed by atoms with E-state index in [0.717, 1.165) is 26.9 Å². The molecule has 0 atom stereocenters. The van der Waals surface area contributed by atoms with Gasteiger partial charge in [0.2, 0.25) is 11.0 Å². The van der Waals surface area contributed by atoms with Crippen molar-refractivity contribution in [1.82, 2.24) is 30.3 Å². The van der Waals surface area contributed by atoms with E-state index >= 15 is 0 Å². The summed E-state index contributed by atoms with van der Waals surface area (Å²) in [7, 11) is 0. The van der Waals surface area contributed by atoms with Crippen LogP contribution in [0, 0.1) is 13.8 Å². The van der Waals surface area contributed by atoms with Crippen LogP contribution in [0.5, 0.6) is 0 Å². The maximum Gasteiger partial charge on any atom is 0.251 e. The van der Waals surface area contributed by atoms with Gasteiger partial charge in [-0.3, -0.25) is 19.5 Å². The van der Waals surface area contributed by atoms with Gasteiger partial charge in [0.05, 0.1) is 12.3 Å². The van der Waals surface area contributed by atoms with E-state index < -0.39 is 0 Å². The molecule has 0 radical (unpaired) electrons. The third kappa shape index (κ3) is 6.50. The molecule has 0 aliphatic rings. The van der Waals surface area contributed by atoms with Gasteiger partial charge in [0.1, 0.15) is 0 Å². The van der Waals surface area contributed by atoms with Gasteiger partial charge in [0.15, 0.2) is 15.3 Å². The van der Waals surface area contributed by atoms with Crippen molar-refractivity contribution in [3.63, 3.8) is 0 Å². The number of para-hydroxylation sites is 1. The first-order chi connectivity index (χ1) is 17.4. The first-order valence-corrected chi connectivity index (χ1v) is 14.0. The summed E-state index contributed by atoms with van der Waals surface area (Å²) in [6.45, 7) is 6.21. The van der Waals surface area contributed by atoms with Gasteiger partial charge in [-0.25, -0.2) is 0 Å². The van der Waals surface area contributed by atoms with Gasteiger partial charge in [-0.2, -0.15) is 0 Å². The quantitative estimate of drug-likeness (QED) is 0.224. The Labute approximate surface area is 221 Å². The molecular formula is C24H25N7O2S3. The van der Waals surface area contributed by atoms with Crippen LogP contribution in [0.4, 0.5) is 5.13 Å². The molecule has 0 saturated carbocycles. The maximum atomic E-state index is 12.7. The molecule has 0 saturated heterocycles. The lowest BCUT2D eigenvalue weighted by Crippen LogP contribution is -2.24. The van der Waals surface area contributed by atoms with E-state index in [9.17, 15) is 9.59 Å². The van der Waals surface area contributed by atoms with E-state index in [1.807, 2.05) is 67.8 Å². The predicted octanol–water partition coefficient (Wildman–Crippen LogP) is 4.51. The third-order valence-corrected chi connectivity index (χ3v) is 7.93. The summed E-state index contributed by atoms with van der Waals surface area (Å²) in [6.07, 6.45) is 0. The molecule has 2 N–H and O–H groups in total. The number of rotatable bonds is 10. The molecule has 4 rings (SSSR count). The molecule has 2 aromatic heterocycles. The fraction of sp³-hybridized carbons (Fsp3) is 0.250. The zero-order chi connectivity index (χ0) is 25.5. The van der Waals surface area contributed by atoms with E-state index in [-0.39, 0.29) is 24.1 Å². The Morgan fingerprint density at radius 2 is 1.78 bits per heavy atom. The number of amides is 2. The van der Waals surface area contributed by atoms with E-state index in [1.165, 1.54) is 23.1 Å². The third-order valence-electron chi connectivity index (χ3n) is 5.14. The number of benzene rings is 2. The Hall–Kier alpha value is -3.22. The van der Waals surface area contributed by atoms with Crippen LogP contribution < -0.4 is 10.6 Å². The van der Waals surface area contributed by atoms with Crippen molar-refractivity contribution in [2.24, 2.45) is 0 Å². The lowest BCUT2D eigenvalue weighted by atomic mass is 10.1. The summed E-state index contributed by atoms with van der Waals surface area (Å²) >= 11 is 4.18. The van der Waals surface area contributed by atoms with Crippen molar-refractivity contribution in [1.29, 1.82) is 0 Å². The van der Waals surface area contributed by atoms with Crippen molar-refractivity contribution >= 4 is 51.8 Å². The number of thioether (sulfide) groups is 2. The molecule has 4 aromatic rings. The molecule has 2 aromatic carbocycles. The fourth-order valence-corrected chi connectivity index (χ4v) is 5.65. The molecule has 0 aliphatic carbocycles. The SMILES string of the molecule is CCSc1nnc(NC(=O)CSc2nnc(CNC(=O)c3ccc(C)c(C)c3)n2-c2ccccc2)s1. The van der Waals surface area contributed by atoms with Crippen LogP contribution in [0.15, 0.2) is 58.0 Å². The smallest absolute Gasteiger partial charge is 0.251 e. The molecule has 186 valence electrons.